The number of nitrogens with zero attached hydrogens (tertiary/aromatic N) is 1. The number of benzene rings is 2. The summed E-state index contributed by atoms with van der Waals surface area (Å²) in [6, 6.07) is 8.57. The Morgan fingerprint density at radius 1 is 1.19 bits per heavy atom. The van der Waals surface area contributed by atoms with E-state index in [0.717, 1.165) is 16.7 Å². The molecule has 1 saturated heterocycles. The molecule has 1 fully saturated rings. The zero-order valence-corrected chi connectivity index (χ0v) is 18.1. The van der Waals surface area contributed by atoms with Gasteiger partial charge in [0, 0.05) is 11.1 Å². The van der Waals surface area contributed by atoms with Crippen LogP contribution in [-0.4, -0.2) is 36.6 Å². The van der Waals surface area contributed by atoms with E-state index < -0.39 is 5.91 Å². The van der Waals surface area contributed by atoms with Crippen molar-refractivity contribution in [2.75, 3.05) is 20.5 Å². The highest BCUT2D eigenvalue weighted by Crippen LogP contribution is 2.39. The van der Waals surface area contributed by atoms with Crippen LogP contribution in [0.4, 0.5) is 4.79 Å². The molecule has 0 saturated carbocycles. The standard InChI is InChI=1S/C22H18ClNO6S/c1-3-6-28-16-5-4-13(7-17(16)27-2)8-20-21(25)24(22(26)31-20)11-14-9-18-19(10-15(14)23)30-12-29-18/h3-5,7-10H,1,6,11-12H2,2H3/b20-8-. The second kappa shape index (κ2) is 8.95. The van der Waals surface area contributed by atoms with Crippen molar-refractivity contribution in [3.63, 3.8) is 0 Å². The van der Waals surface area contributed by atoms with Gasteiger partial charge >= 0.3 is 0 Å². The van der Waals surface area contributed by atoms with E-state index in [1.807, 2.05) is 0 Å². The molecule has 2 aliphatic heterocycles. The Morgan fingerprint density at radius 3 is 2.71 bits per heavy atom. The minimum absolute atomic E-state index is 0.0368. The van der Waals surface area contributed by atoms with Crippen LogP contribution in [0.1, 0.15) is 11.1 Å². The molecule has 0 spiro atoms. The predicted octanol–water partition coefficient (Wildman–Crippen LogP) is 4.88. The van der Waals surface area contributed by atoms with Gasteiger partial charge in [-0.2, -0.15) is 0 Å². The minimum Gasteiger partial charge on any atom is -0.493 e. The third-order valence-corrected chi connectivity index (χ3v) is 5.85. The van der Waals surface area contributed by atoms with Crippen molar-refractivity contribution in [3.8, 4) is 23.0 Å². The highest BCUT2D eigenvalue weighted by molar-refractivity contribution is 8.18. The quantitative estimate of drug-likeness (QED) is 0.431. The Bertz CT molecular complexity index is 1100. The summed E-state index contributed by atoms with van der Waals surface area (Å²) in [5.41, 5.74) is 1.30. The number of hydrogen-bond acceptors (Lipinski definition) is 7. The van der Waals surface area contributed by atoms with Gasteiger partial charge in [-0.3, -0.25) is 14.5 Å². The average molecular weight is 460 g/mol. The summed E-state index contributed by atoms with van der Waals surface area (Å²) in [6.07, 6.45) is 3.28. The lowest BCUT2D eigenvalue weighted by atomic mass is 10.1. The van der Waals surface area contributed by atoms with E-state index in [4.69, 9.17) is 30.5 Å². The van der Waals surface area contributed by atoms with Gasteiger partial charge < -0.3 is 18.9 Å². The molecule has 0 bridgehead atoms. The van der Waals surface area contributed by atoms with Crippen molar-refractivity contribution >= 4 is 40.6 Å². The van der Waals surface area contributed by atoms with Crippen LogP contribution >= 0.6 is 23.4 Å². The van der Waals surface area contributed by atoms with Crippen LogP contribution in [0, 0.1) is 0 Å². The SMILES string of the molecule is C=CCOc1ccc(/C=C2\SC(=O)N(Cc3cc4c(cc3Cl)OCO4)C2=O)cc1OC. The van der Waals surface area contributed by atoms with E-state index >= 15 is 0 Å². The molecule has 7 nitrogen and oxygen atoms in total. The lowest BCUT2D eigenvalue weighted by molar-refractivity contribution is -0.123. The molecule has 2 amide bonds. The molecule has 0 unspecified atom stereocenters. The van der Waals surface area contributed by atoms with Crippen LogP contribution in [0.3, 0.4) is 0 Å². The molecule has 9 heteroatoms. The van der Waals surface area contributed by atoms with Crippen LogP contribution in [0.25, 0.3) is 6.08 Å². The maximum absolute atomic E-state index is 12.9. The van der Waals surface area contributed by atoms with Gasteiger partial charge in [-0.1, -0.05) is 30.3 Å². The molecular formula is C22H18ClNO6S. The monoisotopic (exact) mass is 459 g/mol. The van der Waals surface area contributed by atoms with E-state index in [0.29, 0.717) is 50.7 Å². The fourth-order valence-corrected chi connectivity index (χ4v) is 4.13. The predicted molar refractivity (Wildman–Crippen MR) is 118 cm³/mol. The first-order chi connectivity index (χ1) is 15.0. The topological polar surface area (TPSA) is 74.3 Å². The summed E-state index contributed by atoms with van der Waals surface area (Å²) in [5.74, 6) is 1.76. The summed E-state index contributed by atoms with van der Waals surface area (Å²) in [4.78, 5) is 26.8. The Morgan fingerprint density at radius 2 is 1.97 bits per heavy atom. The molecular weight excluding hydrogens is 442 g/mol. The molecule has 0 radical (unpaired) electrons. The van der Waals surface area contributed by atoms with Gasteiger partial charge in [-0.25, -0.2) is 0 Å². The highest BCUT2D eigenvalue weighted by Gasteiger charge is 2.35. The minimum atomic E-state index is -0.394. The van der Waals surface area contributed by atoms with Crippen LogP contribution in [0.5, 0.6) is 23.0 Å². The number of methoxy groups -OCH3 is 1. The number of carbonyl (C=O) groups excluding carboxylic acids is 2. The number of fused-ring (bicyclic) bond motifs is 1. The van der Waals surface area contributed by atoms with Crippen molar-refractivity contribution in [1.82, 2.24) is 4.90 Å². The van der Waals surface area contributed by atoms with E-state index in [9.17, 15) is 9.59 Å². The number of rotatable bonds is 7. The zero-order valence-electron chi connectivity index (χ0n) is 16.6. The Balaban J connectivity index is 1.54. The largest absolute Gasteiger partial charge is 0.493 e. The van der Waals surface area contributed by atoms with Crippen molar-refractivity contribution in [1.29, 1.82) is 0 Å². The third kappa shape index (κ3) is 4.35. The summed E-state index contributed by atoms with van der Waals surface area (Å²) >= 11 is 7.17. The third-order valence-electron chi connectivity index (χ3n) is 4.59. The number of carbonyl (C=O) groups is 2. The number of thioether (sulfide) groups is 1. The fraction of sp³-hybridized carbons (Fsp3) is 0.182. The van der Waals surface area contributed by atoms with Gasteiger partial charge in [0.05, 0.1) is 18.6 Å². The van der Waals surface area contributed by atoms with E-state index in [1.165, 1.54) is 7.11 Å². The molecule has 4 rings (SSSR count). The molecule has 0 N–H and O–H groups in total. The highest BCUT2D eigenvalue weighted by atomic mass is 35.5. The normalized spacial score (nSPS) is 16.2. The van der Waals surface area contributed by atoms with E-state index in [1.54, 1.807) is 42.5 Å². The molecule has 2 aromatic rings. The van der Waals surface area contributed by atoms with Crippen molar-refractivity contribution < 1.29 is 28.5 Å². The first kappa shape index (κ1) is 21.1. The number of ether oxygens (including phenoxy) is 4. The van der Waals surface area contributed by atoms with Gasteiger partial charge in [0.15, 0.2) is 23.0 Å². The van der Waals surface area contributed by atoms with Crippen LogP contribution < -0.4 is 18.9 Å². The van der Waals surface area contributed by atoms with Gasteiger partial charge in [-0.15, -0.1) is 0 Å². The average Bonchev–Trinajstić information content (AvgIpc) is 3.31. The molecule has 0 atom stereocenters. The number of halogens is 1. The Hall–Kier alpha value is -3.10. The summed E-state index contributed by atoms with van der Waals surface area (Å²) in [5, 5.41) is 0.0232. The Labute approximate surface area is 188 Å². The Kier molecular flexibility index (Phi) is 6.11. The molecule has 0 aromatic heterocycles. The van der Waals surface area contributed by atoms with Crippen molar-refractivity contribution in [3.05, 3.63) is 64.0 Å². The number of hydrogen-bond donors (Lipinski definition) is 0. The fourth-order valence-electron chi connectivity index (χ4n) is 3.08. The maximum atomic E-state index is 12.9. The first-order valence-electron chi connectivity index (χ1n) is 9.25. The number of imide groups is 1. The van der Waals surface area contributed by atoms with Crippen molar-refractivity contribution in [2.24, 2.45) is 0 Å². The second-order valence-electron chi connectivity index (χ2n) is 6.57. The van der Waals surface area contributed by atoms with E-state index in [-0.39, 0.29) is 18.6 Å². The van der Waals surface area contributed by atoms with Crippen molar-refractivity contribution in [2.45, 2.75) is 6.54 Å². The molecule has 0 aliphatic carbocycles. The van der Waals surface area contributed by atoms with Crippen LogP contribution in [-0.2, 0) is 11.3 Å². The van der Waals surface area contributed by atoms with Gasteiger partial charge in [0.2, 0.25) is 6.79 Å². The molecule has 2 heterocycles. The maximum Gasteiger partial charge on any atom is 0.293 e. The lowest BCUT2D eigenvalue weighted by Crippen LogP contribution is -2.27. The second-order valence-corrected chi connectivity index (χ2v) is 7.98. The van der Waals surface area contributed by atoms with Gasteiger partial charge in [-0.05, 0) is 47.2 Å². The first-order valence-corrected chi connectivity index (χ1v) is 10.4. The molecule has 31 heavy (non-hydrogen) atoms. The van der Waals surface area contributed by atoms with Gasteiger partial charge in [0.25, 0.3) is 11.1 Å². The lowest BCUT2D eigenvalue weighted by Gasteiger charge is -2.14. The molecule has 2 aliphatic rings. The summed E-state index contributed by atoms with van der Waals surface area (Å²) in [7, 11) is 1.53. The van der Waals surface area contributed by atoms with Crippen LogP contribution in [0.2, 0.25) is 5.02 Å². The smallest absolute Gasteiger partial charge is 0.293 e. The zero-order chi connectivity index (χ0) is 22.0. The van der Waals surface area contributed by atoms with E-state index in [2.05, 4.69) is 6.58 Å². The molecule has 160 valence electrons. The summed E-state index contributed by atoms with van der Waals surface area (Å²) in [6.45, 7) is 4.11. The number of amides is 2. The summed E-state index contributed by atoms with van der Waals surface area (Å²) < 4.78 is 21.5. The molecule has 2 aromatic carbocycles. The van der Waals surface area contributed by atoms with Crippen LogP contribution in [0.15, 0.2) is 47.9 Å². The van der Waals surface area contributed by atoms with Gasteiger partial charge in [0.1, 0.15) is 6.61 Å².